The summed E-state index contributed by atoms with van der Waals surface area (Å²) in [5.74, 6) is -1.96. The van der Waals surface area contributed by atoms with Crippen molar-refractivity contribution in [1.29, 1.82) is 5.26 Å². The number of aromatic amines is 1. The molecule has 11 nitrogen and oxygen atoms in total. The number of nitriles is 1. The summed E-state index contributed by atoms with van der Waals surface area (Å²) in [6.45, 7) is 1.59. The second kappa shape index (κ2) is 7.34. The van der Waals surface area contributed by atoms with Crippen molar-refractivity contribution < 1.29 is 8.78 Å². The molecule has 1 atom stereocenters. The fourth-order valence-electron chi connectivity index (χ4n) is 3.11. The van der Waals surface area contributed by atoms with Crippen molar-refractivity contribution in [2.75, 3.05) is 16.8 Å². The minimum absolute atomic E-state index is 0.00471. The highest BCUT2D eigenvalue weighted by Gasteiger charge is 2.23. The molecule has 0 aliphatic rings. The topological polar surface area (TPSA) is 177 Å². The molecule has 6 N–H and O–H groups in total. The van der Waals surface area contributed by atoms with Gasteiger partial charge in [0.15, 0.2) is 11.6 Å². The quantitative estimate of drug-likeness (QED) is 0.377. The second-order valence-electron chi connectivity index (χ2n) is 6.50. The summed E-state index contributed by atoms with van der Waals surface area (Å²) in [6.07, 6.45) is 1.40. The third kappa shape index (κ3) is 3.35. The first-order valence-electron chi connectivity index (χ1n) is 8.81. The summed E-state index contributed by atoms with van der Waals surface area (Å²) in [5.41, 5.74) is 10.2. The number of rotatable bonds is 4. The molecule has 31 heavy (non-hydrogen) atoms. The van der Waals surface area contributed by atoms with Gasteiger partial charge in [-0.3, -0.25) is 9.89 Å². The van der Waals surface area contributed by atoms with Gasteiger partial charge in [-0.1, -0.05) is 0 Å². The lowest BCUT2D eigenvalue weighted by Crippen LogP contribution is -2.28. The van der Waals surface area contributed by atoms with E-state index < -0.39 is 23.2 Å². The molecule has 0 saturated carbocycles. The van der Waals surface area contributed by atoms with Gasteiger partial charge in [-0.05, 0) is 13.0 Å². The van der Waals surface area contributed by atoms with Crippen LogP contribution in [0.25, 0.3) is 16.7 Å². The number of aromatic nitrogens is 6. The van der Waals surface area contributed by atoms with E-state index in [0.717, 1.165) is 10.6 Å². The molecule has 0 saturated heterocycles. The Morgan fingerprint density at radius 1 is 1.26 bits per heavy atom. The zero-order valence-electron chi connectivity index (χ0n) is 15.9. The maximum absolute atomic E-state index is 14.4. The Bertz CT molecular complexity index is 1410. The molecule has 0 amide bonds. The van der Waals surface area contributed by atoms with E-state index in [9.17, 15) is 18.8 Å². The van der Waals surface area contributed by atoms with Gasteiger partial charge < -0.3 is 16.8 Å². The number of H-pyrrole nitrogens is 1. The van der Waals surface area contributed by atoms with E-state index in [1.165, 1.54) is 12.3 Å². The molecule has 1 aromatic carbocycles. The van der Waals surface area contributed by atoms with Crippen molar-refractivity contribution in [1.82, 2.24) is 29.7 Å². The molecule has 0 spiro atoms. The summed E-state index contributed by atoms with van der Waals surface area (Å²) in [5, 5.41) is 18.5. The Morgan fingerprint density at radius 3 is 2.71 bits per heavy atom. The first kappa shape index (κ1) is 19.7. The molecule has 4 aromatic rings. The first-order valence-corrected chi connectivity index (χ1v) is 8.81. The van der Waals surface area contributed by atoms with Crippen LogP contribution in [0, 0.1) is 23.0 Å². The highest BCUT2D eigenvalue weighted by molar-refractivity contribution is 5.79. The van der Waals surface area contributed by atoms with Crippen LogP contribution in [-0.2, 0) is 0 Å². The Kier molecular flexibility index (Phi) is 4.66. The van der Waals surface area contributed by atoms with Crippen LogP contribution in [-0.4, -0.2) is 29.7 Å². The lowest BCUT2D eigenvalue weighted by atomic mass is 10.2. The molecule has 1 unspecified atom stereocenters. The van der Waals surface area contributed by atoms with Gasteiger partial charge in [0.2, 0.25) is 5.95 Å². The SMILES string of the molecule is CC(Nc1nc(N)nc(N)c1C#N)c1nc2c(F)cc(F)cc2c(=O)n1-c1ccn[nH]1. The molecule has 4 rings (SSSR count). The van der Waals surface area contributed by atoms with E-state index in [1.54, 1.807) is 6.92 Å². The standard InChI is InChI=1S/C18H14F2N10O/c1-7(25-15-10(6-21)14(22)27-18(23)28-15)16-26-13-9(4-8(19)5-11(13)20)17(31)30(16)12-2-3-24-29-12/h2-5,7H,1H3,(H,24,29)(H5,22,23,25,27,28). The van der Waals surface area contributed by atoms with E-state index >= 15 is 0 Å². The van der Waals surface area contributed by atoms with Crippen molar-refractivity contribution in [2.24, 2.45) is 0 Å². The molecule has 0 aliphatic heterocycles. The number of nitrogens with zero attached hydrogens (tertiary/aromatic N) is 6. The number of fused-ring (bicyclic) bond motifs is 1. The smallest absolute Gasteiger partial charge is 0.267 e. The molecule has 3 aromatic heterocycles. The normalized spacial score (nSPS) is 11.9. The van der Waals surface area contributed by atoms with Crippen LogP contribution in [0.1, 0.15) is 24.4 Å². The Labute approximate surface area is 172 Å². The van der Waals surface area contributed by atoms with Crippen LogP contribution in [0.15, 0.2) is 29.2 Å². The molecule has 0 bridgehead atoms. The molecule has 0 fully saturated rings. The number of hydrogen-bond acceptors (Lipinski definition) is 9. The van der Waals surface area contributed by atoms with Gasteiger partial charge in [0.1, 0.15) is 40.4 Å². The van der Waals surface area contributed by atoms with E-state index in [4.69, 9.17) is 11.5 Å². The van der Waals surface area contributed by atoms with Gasteiger partial charge in [0.25, 0.3) is 5.56 Å². The number of nitrogen functional groups attached to an aromatic ring is 2. The zero-order chi connectivity index (χ0) is 22.3. The van der Waals surface area contributed by atoms with Crippen LogP contribution in [0.3, 0.4) is 0 Å². The monoisotopic (exact) mass is 424 g/mol. The Morgan fingerprint density at radius 2 is 2.03 bits per heavy atom. The number of nitrogens with one attached hydrogen (secondary N) is 2. The number of benzene rings is 1. The number of hydrogen-bond donors (Lipinski definition) is 4. The van der Waals surface area contributed by atoms with Crippen LogP contribution >= 0.6 is 0 Å². The van der Waals surface area contributed by atoms with Crippen molar-refractivity contribution in [3.05, 3.63) is 57.8 Å². The Balaban J connectivity index is 1.94. The van der Waals surface area contributed by atoms with Gasteiger partial charge in [0, 0.05) is 12.1 Å². The number of anilines is 3. The molecule has 156 valence electrons. The summed E-state index contributed by atoms with van der Waals surface area (Å²) < 4.78 is 29.3. The lowest BCUT2D eigenvalue weighted by molar-refractivity contribution is 0.587. The molecule has 3 heterocycles. The van der Waals surface area contributed by atoms with E-state index in [-0.39, 0.29) is 45.7 Å². The second-order valence-corrected chi connectivity index (χ2v) is 6.50. The summed E-state index contributed by atoms with van der Waals surface area (Å²) in [6, 6.07) is 4.09. The number of nitrogens with two attached hydrogens (primary N) is 2. The fraction of sp³-hybridized carbons (Fsp3) is 0.111. The third-order valence-electron chi connectivity index (χ3n) is 4.45. The van der Waals surface area contributed by atoms with Gasteiger partial charge >= 0.3 is 0 Å². The minimum atomic E-state index is -0.995. The van der Waals surface area contributed by atoms with Crippen LogP contribution in [0.2, 0.25) is 0 Å². The highest BCUT2D eigenvalue weighted by Crippen LogP contribution is 2.25. The fourth-order valence-corrected chi connectivity index (χ4v) is 3.11. The van der Waals surface area contributed by atoms with E-state index in [1.807, 2.05) is 6.07 Å². The average Bonchev–Trinajstić information content (AvgIpc) is 3.22. The molecule has 13 heteroatoms. The molecular formula is C18H14F2N10O. The largest absolute Gasteiger partial charge is 0.382 e. The van der Waals surface area contributed by atoms with Crippen LogP contribution in [0.4, 0.5) is 26.4 Å². The van der Waals surface area contributed by atoms with Crippen LogP contribution < -0.4 is 22.3 Å². The van der Waals surface area contributed by atoms with E-state index in [0.29, 0.717) is 6.07 Å². The minimum Gasteiger partial charge on any atom is -0.382 e. The van der Waals surface area contributed by atoms with Gasteiger partial charge in [0.05, 0.1) is 17.6 Å². The van der Waals surface area contributed by atoms with Gasteiger partial charge in [-0.25, -0.2) is 18.3 Å². The predicted molar refractivity (Wildman–Crippen MR) is 107 cm³/mol. The van der Waals surface area contributed by atoms with Crippen molar-refractivity contribution >= 4 is 28.5 Å². The lowest BCUT2D eigenvalue weighted by Gasteiger charge is -2.20. The molecule has 0 radical (unpaired) electrons. The third-order valence-corrected chi connectivity index (χ3v) is 4.45. The van der Waals surface area contributed by atoms with Gasteiger partial charge in [-0.2, -0.15) is 20.3 Å². The predicted octanol–water partition coefficient (Wildman–Crippen LogP) is 1.39. The van der Waals surface area contributed by atoms with Crippen LogP contribution in [0.5, 0.6) is 0 Å². The molecule has 0 aliphatic carbocycles. The average molecular weight is 424 g/mol. The first-order chi connectivity index (χ1) is 14.8. The Hall–Kier alpha value is -4.60. The summed E-state index contributed by atoms with van der Waals surface area (Å²) in [7, 11) is 0. The van der Waals surface area contributed by atoms with Crippen molar-refractivity contribution in [3.8, 4) is 11.9 Å². The summed E-state index contributed by atoms with van der Waals surface area (Å²) >= 11 is 0. The van der Waals surface area contributed by atoms with Crippen molar-refractivity contribution in [2.45, 2.75) is 13.0 Å². The highest BCUT2D eigenvalue weighted by atomic mass is 19.1. The number of halogens is 2. The summed E-state index contributed by atoms with van der Waals surface area (Å²) in [4.78, 5) is 25.1. The molecular weight excluding hydrogens is 410 g/mol. The van der Waals surface area contributed by atoms with Crippen molar-refractivity contribution in [3.63, 3.8) is 0 Å². The maximum atomic E-state index is 14.4. The van der Waals surface area contributed by atoms with Gasteiger partial charge in [-0.15, -0.1) is 0 Å². The zero-order valence-corrected chi connectivity index (χ0v) is 15.9. The maximum Gasteiger partial charge on any atom is 0.267 e. The van der Waals surface area contributed by atoms with E-state index in [2.05, 4.69) is 30.5 Å².